The summed E-state index contributed by atoms with van der Waals surface area (Å²) < 4.78 is 0. The fourth-order valence-corrected chi connectivity index (χ4v) is 11.9. The van der Waals surface area contributed by atoms with Gasteiger partial charge in [0.15, 0.2) is 0 Å². The van der Waals surface area contributed by atoms with Crippen molar-refractivity contribution in [1.29, 1.82) is 21.0 Å². The van der Waals surface area contributed by atoms with Crippen LogP contribution >= 0.6 is 0 Å². The van der Waals surface area contributed by atoms with Crippen LogP contribution in [0.15, 0.2) is 170 Å². The molecule has 0 aromatic heterocycles. The summed E-state index contributed by atoms with van der Waals surface area (Å²) in [6.45, 7) is 0. The van der Waals surface area contributed by atoms with Crippen LogP contribution in [0, 0.1) is 45.3 Å². The highest BCUT2D eigenvalue weighted by Gasteiger charge is 2.31. The highest BCUT2D eigenvalue weighted by molar-refractivity contribution is 6.32. The Morgan fingerprint density at radius 1 is 0.227 bits per heavy atom. The van der Waals surface area contributed by atoms with Crippen molar-refractivity contribution in [3.63, 3.8) is 0 Å². The van der Waals surface area contributed by atoms with Crippen molar-refractivity contribution in [2.75, 3.05) is 0 Å². The summed E-state index contributed by atoms with van der Waals surface area (Å²) in [6.07, 6.45) is 0. The maximum absolute atomic E-state index is 10.3. The van der Waals surface area contributed by atoms with Gasteiger partial charge in [-0.15, -0.1) is 0 Å². The molecule has 0 saturated carbocycles. The van der Waals surface area contributed by atoms with E-state index in [4.69, 9.17) is 0 Å². The van der Waals surface area contributed by atoms with Gasteiger partial charge >= 0.3 is 0 Å². The smallest absolute Gasteiger partial charge is 0.0998 e. The molecular formula is C62H28N4. The third kappa shape index (κ3) is 4.47. The van der Waals surface area contributed by atoms with Crippen LogP contribution in [0.4, 0.5) is 0 Å². The van der Waals surface area contributed by atoms with Gasteiger partial charge in [-0.2, -0.15) is 21.0 Å². The summed E-state index contributed by atoms with van der Waals surface area (Å²) in [5.74, 6) is 0. The van der Waals surface area contributed by atoms with Crippen LogP contribution in [0.3, 0.4) is 0 Å². The largest absolute Gasteiger partial charge is 0.192 e. The molecule has 2 aliphatic carbocycles. The van der Waals surface area contributed by atoms with Gasteiger partial charge in [0, 0.05) is 10.8 Å². The molecule has 0 fully saturated rings. The molecule has 66 heavy (non-hydrogen) atoms. The summed E-state index contributed by atoms with van der Waals surface area (Å²) in [6, 6.07) is 68.9. The second kappa shape index (κ2) is 13.0. The van der Waals surface area contributed by atoms with Crippen molar-refractivity contribution in [3.05, 3.63) is 192 Å². The first-order valence-corrected chi connectivity index (χ1v) is 21.9. The van der Waals surface area contributed by atoms with Crippen LogP contribution in [0.25, 0.3) is 142 Å². The molecule has 14 rings (SSSR count). The lowest BCUT2D eigenvalue weighted by atomic mass is 9.82. The molecule has 2 aliphatic rings. The van der Waals surface area contributed by atoms with Crippen LogP contribution < -0.4 is 0 Å². The lowest BCUT2D eigenvalue weighted by molar-refractivity contribution is 1.48. The topological polar surface area (TPSA) is 95.2 Å². The monoisotopic (exact) mass is 828 g/mol. The van der Waals surface area contributed by atoms with Gasteiger partial charge in [0.1, 0.15) is 0 Å². The minimum absolute atomic E-state index is 0.477. The quantitative estimate of drug-likeness (QED) is 0.162. The molecule has 12 aromatic rings. The summed E-state index contributed by atoms with van der Waals surface area (Å²) >= 11 is 0. The van der Waals surface area contributed by atoms with Crippen molar-refractivity contribution in [1.82, 2.24) is 0 Å². The second-order valence-corrected chi connectivity index (χ2v) is 17.4. The average molecular weight is 829 g/mol. The van der Waals surface area contributed by atoms with E-state index >= 15 is 0 Å². The highest BCUT2D eigenvalue weighted by atomic mass is 14.3. The van der Waals surface area contributed by atoms with Gasteiger partial charge in [0.25, 0.3) is 0 Å². The van der Waals surface area contributed by atoms with Gasteiger partial charge in [-0.25, -0.2) is 0 Å². The van der Waals surface area contributed by atoms with Gasteiger partial charge in [-0.05, 0) is 168 Å². The van der Waals surface area contributed by atoms with Crippen LogP contribution in [0.2, 0.25) is 0 Å². The highest BCUT2D eigenvalue weighted by Crippen LogP contribution is 2.58. The zero-order valence-electron chi connectivity index (χ0n) is 35.0. The molecule has 4 nitrogen and oxygen atoms in total. The van der Waals surface area contributed by atoms with Crippen LogP contribution in [0.1, 0.15) is 22.3 Å². The van der Waals surface area contributed by atoms with E-state index < -0.39 is 0 Å². The zero-order chi connectivity index (χ0) is 43.9. The standard InChI is InChI=1S/C62H28N4/c63-29-35-11-5-13-41-45(21-19-37(31-65)55(35)41)59-47-25-24-40-39(51(47)27-53-43-15-1-7-33-9-3-17-49(57(33)43)61(53)59)23-26-48-52(40)28-54-44-16-2-8-34-10-4-18-50(58(34)44)62(54)60(48)46-22-20-38(32-66)56-36(30-64)12-6-14-42(46)56/h1-28H. The van der Waals surface area contributed by atoms with E-state index in [0.29, 0.717) is 33.0 Å². The first-order chi connectivity index (χ1) is 32.6. The van der Waals surface area contributed by atoms with Crippen LogP contribution in [0.5, 0.6) is 0 Å². The molecule has 0 amide bonds. The summed E-state index contributed by atoms with van der Waals surface area (Å²) in [5.41, 5.74) is 15.3. The van der Waals surface area contributed by atoms with E-state index in [1.807, 2.05) is 36.4 Å². The molecule has 0 atom stereocenters. The molecule has 4 heteroatoms. The van der Waals surface area contributed by atoms with Gasteiger partial charge in [0.05, 0.1) is 46.5 Å². The average Bonchev–Trinajstić information content (AvgIpc) is 3.87. The Morgan fingerprint density at radius 2 is 0.591 bits per heavy atom. The van der Waals surface area contributed by atoms with E-state index in [1.165, 1.54) is 43.8 Å². The van der Waals surface area contributed by atoms with Crippen molar-refractivity contribution in [3.8, 4) is 91.0 Å². The number of rotatable bonds is 2. The van der Waals surface area contributed by atoms with Crippen molar-refractivity contribution in [2.24, 2.45) is 0 Å². The number of hydrogen-bond acceptors (Lipinski definition) is 4. The van der Waals surface area contributed by atoms with Gasteiger partial charge in [-0.3, -0.25) is 0 Å². The maximum Gasteiger partial charge on any atom is 0.0998 e. The SMILES string of the molecule is N#Cc1cccc2c(-c3c4c(cc5c3ccc3c6cc7c(c(-c8ccc(C#N)c9c(C#N)cccc89)c6ccc53)-c3cccc5cccc-7c35)-c3cccc5cccc-4c35)ccc(C#N)c12. The van der Waals surface area contributed by atoms with E-state index in [0.717, 1.165) is 87.6 Å². The predicted octanol–water partition coefficient (Wildman–Crippen LogP) is 15.9. The summed E-state index contributed by atoms with van der Waals surface area (Å²) in [4.78, 5) is 0. The third-order valence-corrected chi connectivity index (χ3v) is 14.5. The fraction of sp³-hybridized carbons (Fsp3) is 0. The summed E-state index contributed by atoms with van der Waals surface area (Å²) in [7, 11) is 0. The van der Waals surface area contributed by atoms with Crippen molar-refractivity contribution < 1.29 is 0 Å². The molecule has 0 unspecified atom stereocenters. The Hall–Kier alpha value is -9.58. The number of nitriles is 4. The van der Waals surface area contributed by atoms with Crippen molar-refractivity contribution >= 4 is 75.4 Å². The number of benzene rings is 12. The molecule has 12 aromatic carbocycles. The first kappa shape index (κ1) is 36.0. The Kier molecular flexibility index (Phi) is 7.08. The third-order valence-electron chi connectivity index (χ3n) is 14.5. The maximum atomic E-state index is 10.3. The molecule has 0 heterocycles. The molecule has 296 valence electrons. The van der Waals surface area contributed by atoms with Crippen LogP contribution in [-0.2, 0) is 0 Å². The van der Waals surface area contributed by atoms with Gasteiger partial charge in [0.2, 0.25) is 0 Å². The van der Waals surface area contributed by atoms with E-state index in [9.17, 15) is 21.0 Å². The second-order valence-electron chi connectivity index (χ2n) is 17.4. The molecule has 0 aliphatic heterocycles. The van der Waals surface area contributed by atoms with E-state index in [-0.39, 0.29) is 0 Å². The normalized spacial score (nSPS) is 11.9. The molecule has 0 bridgehead atoms. The Morgan fingerprint density at radius 3 is 1.00 bits per heavy atom. The minimum Gasteiger partial charge on any atom is -0.192 e. The number of nitrogens with zero attached hydrogens (tertiary/aromatic N) is 4. The van der Waals surface area contributed by atoms with Gasteiger partial charge in [-0.1, -0.05) is 133 Å². The summed E-state index contributed by atoms with van der Waals surface area (Å²) in [5, 5.41) is 55.8. The predicted molar refractivity (Wildman–Crippen MR) is 268 cm³/mol. The molecule has 0 spiro atoms. The van der Waals surface area contributed by atoms with Crippen molar-refractivity contribution in [2.45, 2.75) is 0 Å². The van der Waals surface area contributed by atoms with E-state index in [1.54, 1.807) is 12.1 Å². The Balaban J connectivity index is 1.16. The molecule has 0 saturated heterocycles. The van der Waals surface area contributed by atoms with Gasteiger partial charge < -0.3 is 0 Å². The number of hydrogen-bond donors (Lipinski definition) is 0. The van der Waals surface area contributed by atoms with Crippen LogP contribution in [-0.4, -0.2) is 0 Å². The first-order valence-electron chi connectivity index (χ1n) is 21.9. The fourth-order valence-electron chi connectivity index (χ4n) is 11.9. The Labute approximate surface area is 377 Å². The lowest BCUT2D eigenvalue weighted by Crippen LogP contribution is -1.95. The minimum atomic E-state index is 0.477. The zero-order valence-corrected chi connectivity index (χ0v) is 35.0. The lowest BCUT2D eigenvalue weighted by Gasteiger charge is -2.21. The Bertz CT molecular complexity index is 4170. The molecule has 0 radical (unpaired) electrons. The molecule has 0 N–H and O–H groups in total. The number of fused-ring (bicyclic) bond motifs is 13. The van der Waals surface area contributed by atoms with E-state index in [2.05, 4.69) is 146 Å². The molecular weight excluding hydrogens is 801 g/mol.